The largest absolute Gasteiger partial charge is 0.383 e. The topological polar surface area (TPSA) is 50.8 Å². The van der Waals surface area contributed by atoms with E-state index in [9.17, 15) is 4.79 Å². The van der Waals surface area contributed by atoms with E-state index in [1.54, 1.807) is 7.11 Å². The number of carbonyl (C=O) groups is 1. The minimum absolute atomic E-state index is 0.0414. The lowest BCUT2D eigenvalue weighted by molar-refractivity contribution is -0.143. The minimum Gasteiger partial charge on any atom is -0.383 e. The van der Waals surface area contributed by atoms with Crippen molar-refractivity contribution >= 4 is 5.91 Å². The second kappa shape index (κ2) is 8.27. The van der Waals surface area contributed by atoms with Crippen LogP contribution in [0.3, 0.4) is 0 Å². The Morgan fingerprint density at radius 2 is 2.23 bits per heavy atom. The van der Waals surface area contributed by atoms with Crippen LogP contribution in [0.4, 0.5) is 0 Å². The first-order valence-electron chi connectivity index (χ1n) is 7.79. The summed E-state index contributed by atoms with van der Waals surface area (Å²) in [5.74, 6) is 0.116. The maximum absolute atomic E-state index is 12.4. The number of ether oxygens (including phenoxy) is 2. The number of hydrogen-bond acceptors (Lipinski definition) is 4. The van der Waals surface area contributed by atoms with Gasteiger partial charge in [-0.3, -0.25) is 4.79 Å². The first-order valence-corrected chi connectivity index (χ1v) is 7.79. The molecule has 5 nitrogen and oxygen atoms in total. The fraction of sp³-hybridized carbons (Fsp3) is 0.588. The van der Waals surface area contributed by atoms with E-state index in [4.69, 9.17) is 9.47 Å². The van der Waals surface area contributed by atoms with Gasteiger partial charge in [0.15, 0.2) is 0 Å². The van der Waals surface area contributed by atoms with Gasteiger partial charge in [-0.05, 0) is 25.0 Å². The van der Waals surface area contributed by atoms with E-state index in [1.165, 1.54) is 11.1 Å². The summed E-state index contributed by atoms with van der Waals surface area (Å²) in [4.78, 5) is 14.3. The number of rotatable bonds is 6. The lowest BCUT2D eigenvalue weighted by atomic mass is 10.0. The SMILES string of the molecule is COCCNCC(=O)N1C[C@@H](c2ccccc2C)OC[C@H]1C. The van der Waals surface area contributed by atoms with Crippen molar-refractivity contribution in [2.75, 3.05) is 40.0 Å². The highest BCUT2D eigenvalue weighted by molar-refractivity contribution is 5.78. The van der Waals surface area contributed by atoms with Gasteiger partial charge in [0, 0.05) is 13.7 Å². The van der Waals surface area contributed by atoms with Crippen molar-refractivity contribution in [2.45, 2.75) is 26.0 Å². The van der Waals surface area contributed by atoms with E-state index < -0.39 is 0 Å². The van der Waals surface area contributed by atoms with E-state index in [2.05, 4.69) is 24.4 Å². The number of carbonyl (C=O) groups excluding carboxylic acids is 1. The van der Waals surface area contributed by atoms with Crippen LogP contribution in [-0.4, -0.2) is 56.8 Å². The van der Waals surface area contributed by atoms with Gasteiger partial charge in [-0.2, -0.15) is 0 Å². The molecule has 0 unspecified atom stereocenters. The van der Waals surface area contributed by atoms with Crippen LogP contribution >= 0.6 is 0 Å². The second-order valence-electron chi connectivity index (χ2n) is 5.74. The Bertz CT molecular complexity index is 493. The standard InChI is InChI=1S/C17H26N2O3/c1-13-6-4-5-7-15(13)16-11-19(14(2)12-22-16)17(20)10-18-8-9-21-3/h4-7,14,16,18H,8-12H2,1-3H3/t14-,16+/m1/s1. The lowest BCUT2D eigenvalue weighted by Gasteiger charge is -2.38. The number of morpholine rings is 1. The van der Waals surface area contributed by atoms with Gasteiger partial charge < -0.3 is 19.7 Å². The molecule has 0 aliphatic carbocycles. The van der Waals surface area contributed by atoms with Crippen LogP contribution < -0.4 is 5.32 Å². The van der Waals surface area contributed by atoms with Gasteiger partial charge in [-0.25, -0.2) is 0 Å². The maximum Gasteiger partial charge on any atom is 0.236 e. The van der Waals surface area contributed by atoms with Gasteiger partial charge in [0.2, 0.25) is 5.91 Å². The highest BCUT2D eigenvalue weighted by Crippen LogP contribution is 2.27. The zero-order valence-electron chi connectivity index (χ0n) is 13.7. The molecule has 22 heavy (non-hydrogen) atoms. The molecule has 1 fully saturated rings. The number of aryl methyl sites for hydroxylation is 1. The number of methoxy groups -OCH3 is 1. The Morgan fingerprint density at radius 1 is 1.45 bits per heavy atom. The predicted molar refractivity (Wildman–Crippen MR) is 85.8 cm³/mol. The van der Waals surface area contributed by atoms with Crippen molar-refractivity contribution in [3.63, 3.8) is 0 Å². The van der Waals surface area contributed by atoms with E-state index in [-0.39, 0.29) is 18.1 Å². The molecule has 5 heteroatoms. The van der Waals surface area contributed by atoms with Crippen LogP contribution in [0.2, 0.25) is 0 Å². The highest BCUT2D eigenvalue weighted by Gasteiger charge is 2.30. The molecule has 1 aliphatic heterocycles. The summed E-state index contributed by atoms with van der Waals surface area (Å²) >= 11 is 0. The van der Waals surface area contributed by atoms with Crippen molar-refractivity contribution < 1.29 is 14.3 Å². The fourth-order valence-corrected chi connectivity index (χ4v) is 2.71. The summed E-state index contributed by atoms with van der Waals surface area (Å²) in [6.45, 7) is 6.92. The van der Waals surface area contributed by atoms with E-state index in [0.717, 1.165) is 0 Å². The lowest BCUT2D eigenvalue weighted by Crippen LogP contribution is -2.51. The molecule has 1 aromatic rings. The molecular formula is C17H26N2O3. The molecule has 2 rings (SSSR count). The van der Waals surface area contributed by atoms with Gasteiger partial charge >= 0.3 is 0 Å². The summed E-state index contributed by atoms with van der Waals surface area (Å²) in [6.07, 6.45) is -0.0414. The number of nitrogens with zero attached hydrogens (tertiary/aromatic N) is 1. The molecule has 1 aliphatic rings. The van der Waals surface area contributed by atoms with Gasteiger partial charge in [0.05, 0.1) is 32.3 Å². The quantitative estimate of drug-likeness (QED) is 0.810. The Hall–Kier alpha value is -1.43. The fourth-order valence-electron chi connectivity index (χ4n) is 2.71. The molecule has 0 saturated carbocycles. The number of benzene rings is 1. The third kappa shape index (κ3) is 4.29. The summed E-state index contributed by atoms with van der Waals surface area (Å²) in [5, 5.41) is 3.11. The Labute approximate surface area is 132 Å². The Kier molecular flexibility index (Phi) is 6.36. The number of hydrogen-bond donors (Lipinski definition) is 1. The first kappa shape index (κ1) is 16.9. The molecule has 1 heterocycles. The average molecular weight is 306 g/mol. The van der Waals surface area contributed by atoms with Crippen molar-refractivity contribution in [3.8, 4) is 0 Å². The zero-order chi connectivity index (χ0) is 15.9. The molecule has 122 valence electrons. The highest BCUT2D eigenvalue weighted by atomic mass is 16.5. The van der Waals surface area contributed by atoms with Crippen LogP contribution in [-0.2, 0) is 14.3 Å². The van der Waals surface area contributed by atoms with Gasteiger partial charge in [0.25, 0.3) is 0 Å². The molecule has 0 bridgehead atoms. The summed E-state index contributed by atoms with van der Waals surface area (Å²) in [7, 11) is 1.65. The predicted octanol–water partition coefficient (Wildman–Crippen LogP) is 1.52. The second-order valence-corrected chi connectivity index (χ2v) is 5.74. The van der Waals surface area contributed by atoms with Crippen LogP contribution in [0.15, 0.2) is 24.3 Å². The number of nitrogens with one attached hydrogen (secondary N) is 1. The molecule has 1 amide bonds. The average Bonchev–Trinajstić information content (AvgIpc) is 2.52. The summed E-state index contributed by atoms with van der Waals surface area (Å²) in [6, 6.07) is 8.30. The van der Waals surface area contributed by atoms with Crippen molar-refractivity contribution in [2.24, 2.45) is 0 Å². The molecule has 2 atom stereocenters. The van der Waals surface area contributed by atoms with Gasteiger partial charge in [0.1, 0.15) is 6.10 Å². The molecule has 1 aromatic carbocycles. The normalized spacial score (nSPS) is 21.9. The van der Waals surface area contributed by atoms with Crippen molar-refractivity contribution in [1.29, 1.82) is 0 Å². The van der Waals surface area contributed by atoms with Gasteiger partial charge in [-0.15, -0.1) is 0 Å². The third-order valence-corrected chi connectivity index (χ3v) is 4.05. The smallest absolute Gasteiger partial charge is 0.236 e. The van der Waals surface area contributed by atoms with Gasteiger partial charge in [-0.1, -0.05) is 24.3 Å². The van der Waals surface area contributed by atoms with E-state index in [0.29, 0.717) is 32.8 Å². The molecule has 0 radical (unpaired) electrons. The molecule has 1 N–H and O–H groups in total. The monoisotopic (exact) mass is 306 g/mol. The molecular weight excluding hydrogens is 280 g/mol. The van der Waals surface area contributed by atoms with Crippen molar-refractivity contribution in [1.82, 2.24) is 10.2 Å². The third-order valence-electron chi connectivity index (χ3n) is 4.05. The van der Waals surface area contributed by atoms with Crippen LogP contribution in [0.25, 0.3) is 0 Å². The first-order chi connectivity index (χ1) is 10.6. The molecule has 0 aromatic heterocycles. The molecule has 0 spiro atoms. The Balaban J connectivity index is 1.96. The van der Waals surface area contributed by atoms with E-state index >= 15 is 0 Å². The number of amides is 1. The zero-order valence-corrected chi connectivity index (χ0v) is 13.7. The summed E-state index contributed by atoms with van der Waals surface area (Å²) < 4.78 is 10.9. The van der Waals surface area contributed by atoms with E-state index in [1.807, 2.05) is 24.0 Å². The maximum atomic E-state index is 12.4. The Morgan fingerprint density at radius 3 is 2.95 bits per heavy atom. The summed E-state index contributed by atoms with van der Waals surface area (Å²) in [5.41, 5.74) is 2.37. The van der Waals surface area contributed by atoms with Crippen molar-refractivity contribution in [3.05, 3.63) is 35.4 Å². The van der Waals surface area contributed by atoms with Crippen LogP contribution in [0.5, 0.6) is 0 Å². The van der Waals surface area contributed by atoms with Crippen LogP contribution in [0, 0.1) is 6.92 Å². The molecule has 1 saturated heterocycles. The minimum atomic E-state index is -0.0414. The van der Waals surface area contributed by atoms with Crippen LogP contribution in [0.1, 0.15) is 24.2 Å².